The third-order valence-corrected chi connectivity index (χ3v) is 2.83. The lowest BCUT2D eigenvalue weighted by molar-refractivity contribution is -0.384. The predicted octanol–water partition coefficient (Wildman–Crippen LogP) is 0.364. The van der Waals surface area contributed by atoms with Gasteiger partial charge in [-0.05, 0) is 0 Å². The highest BCUT2D eigenvalue weighted by molar-refractivity contribution is 6.31. The van der Waals surface area contributed by atoms with E-state index in [-0.39, 0.29) is 29.0 Å². The Morgan fingerprint density at radius 3 is 2.94 bits per heavy atom. The van der Waals surface area contributed by atoms with E-state index in [1.54, 1.807) is 4.90 Å². The van der Waals surface area contributed by atoms with Crippen molar-refractivity contribution < 1.29 is 9.72 Å². The molecule has 96 valence electrons. The molecule has 1 aliphatic heterocycles. The number of rotatable bonds is 2. The summed E-state index contributed by atoms with van der Waals surface area (Å²) in [6.45, 7) is 1.22. The molecule has 0 bridgehead atoms. The van der Waals surface area contributed by atoms with Gasteiger partial charge in [-0.2, -0.15) is 0 Å². The average Bonchev–Trinajstić information content (AvgIpc) is 2.53. The summed E-state index contributed by atoms with van der Waals surface area (Å²) >= 11 is 5.71. The van der Waals surface area contributed by atoms with Crippen molar-refractivity contribution in [1.82, 2.24) is 15.3 Å². The molecule has 0 unspecified atom stereocenters. The number of halogens is 1. The highest BCUT2D eigenvalue weighted by atomic mass is 35.5. The van der Waals surface area contributed by atoms with E-state index >= 15 is 0 Å². The minimum Gasteiger partial charge on any atom is -0.354 e. The fourth-order valence-electron chi connectivity index (χ4n) is 1.72. The molecule has 1 amide bonds. The number of nitrogens with zero attached hydrogens (tertiary/aromatic N) is 4. The second kappa shape index (κ2) is 5.13. The molecular weight excluding hydrogens is 262 g/mol. The molecule has 0 atom stereocenters. The summed E-state index contributed by atoms with van der Waals surface area (Å²) in [7, 11) is 0. The van der Waals surface area contributed by atoms with Crippen LogP contribution in [0.3, 0.4) is 0 Å². The van der Waals surface area contributed by atoms with Crippen LogP contribution in [0.4, 0.5) is 11.5 Å². The summed E-state index contributed by atoms with van der Waals surface area (Å²) in [4.78, 5) is 30.7. The average molecular weight is 272 g/mol. The molecule has 9 heteroatoms. The van der Waals surface area contributed by atoms with Gasteiger partial charge < -0.3 is 10.2 Å². The highest BCUT2D eigenvalue weighted by Crippen LogP contribution is 2.31. The molecule has 0 aromatic carbocycles. The maximum Gasteiger partial charge on any atom is 0.348 e. The number of aromatic nitrogens is 2. The van der Waals surface area contributed by atoms with E-state index < -0.39 is 4.92 Å². The monoisotopic (exact) mass is 271 g/mol. The number of nitro groups is 1. The first kappa shape index (κ1) is 12.5. The molecule has 0 aliphatic carbocycles. The zero-order valence-electron chi connectivity index (χ0n) is 9.30. The Balaban J connectivity index is 2.35. The van der Waals surface area contributed by atoms with Gasteiger partial charge in [0.1, 0.15) is 6.33 Å². The fourth-order valence-corrected chi connectivity index (χ4v) is 1.91. The molecule has 18 heavy (non-hydrogen) atoms. The van der Waals surface area contributed by atoms with Crippen LogP contribution in [0.1, 0.15) is 6.42 Å². The molecule has 2 rings (SSSR count). The van der Waals surface area contributed by atoms with E-state index in [1.165, 1.54) is 6.33 Å². The molecule has 0 radical (unpaired) electrons. The Kier molecular flexibility index (Phi) is 3.56. The molecule has 1 saturated heterocycles. The molecule has 1 aliphatic rings. The standard InChI is InChI=1S/C9H10ClN5O3/c10-8-7(15(17)18)9(13-5-12-8)14-3-1-6(16)11-2-4-14/h5H,1-4H2,(H,11,16). The third-order valence-electron chi connectivity index (χ3n) is 2.55. The van der Waals surface area contributed by atoms with Crippen molar-refractivity contribution in [2.24, 2.45) is 0 Å². The van der Waals surface area contributed by atoms with E-state index in [4.69, 9.17) is 11.6 Å². The number of amides is 1. The maximum absolute atomic E-state index is 11.2. The zero-order valence-corrected chi connectivity index (χ0v) is 10.1. The summed E-state index contributed by atoms with van der Waals surface area (Å²) in [5.74, 6) is 0.0665. The van der Waals surface area contributed by atoms with Gasteiger partial charge in [-0.15, -0.1) is 0 Å². The number of anilines is 1. The van der Waals surface area contributed by atoms with E-state index in [1.807, 2.05) is 0 Å². The first-order valence-electron chi connectivity index (χ1n) is 5.26. The Hall–Kier alpha value is -1.96. The second-order valence-electron chi connectivity index (χ2n) is 3.68. The van der Waals surface area contributed by atoms with Gasteiger partial charge in [0, 0.05) is 26.1 Å². The lowest BCUT2D eigenvalue weighted by atomic mass is 10.3. The highest BCUT2D eigenvalue weighted by Gasteiger charge is 2.27. The van der Waals surface area contributed by atoms with Crippen LogP contribution in [-0.4, -0.2) is 40.4 Å². The van der Waals surface area contributed by atoms with Gasteiger partial charge in [-0.3, -0.25) is 14.9 Å². The van der Waals surface area contributed by atoms with E-state index in [0.29, 0.717) is 19.6 Å². The molecule has 1 fully saturated rings. The molecule has 1 aromatic heterocycles. The summed E-state index contributed by atoms with van der Waals surface area (Å²) in [6, 6.07) is 0. The van der Waals surface area contributed by atoms with Gasteiger partial charge in [0.15, 0.2) is 0 Å². The van der Waals surface area contributed by atoms with E-state index in [9.17, 15) is 14.9 Å². The van der Waals surface area contributed by atoms with Gasteiger partial charge >= 0.3 is 5.69 Å². The Morgan fingerprint density at radius 1 is 1.44 bits per heavy atom. The normalized spacial score (nSPS) is 16.1. The van der Waals surface area contributed by atoms with Crippen molar-refractivity contribution in [2.45, 2.75) is 6.42 Å². The number of carbonyl (C=O) groups is 1. The van der Waals surface area contributed by atoms with Crippen molar-refractivity contribution in [2.75, 3.05) is 24.5 Å². The molecule has 0 spiro atoms. The van der Waals surface area contributed by atoms with Crippen LogP contribution in [0.5, 0.6) is 0 Å². The van der Waals surface area contributed by atoms with Crippen LogP contribution in [-0.2, 0) is 4.79 Å². The van der Waals surface area contributed by atoms with Crippen molar-refractivity contribution >= 4 is 29.0 Å². The smallest absolute Gasteiger partial charge is 0.348 e. The molecule has 1 aromatic rings. The van der Waals surface area contributed by atoms with Crippen LogP contribution in [0, 0.1) is 10.1 Å². The van der Waals surface area contributed by atoms with Crippen LogP contribution in [0.25, 0.3) is 0 Å². The molecule has 2 heterocycles. The summed E-state index contributed by atoms with van der Waals surface area (Å²) in [6.07, 6.45) is 1.43. The minimum atomic E-state index is -0.613. The largest absolute Gasteiger partial charge is 0.354 e. The van der Waals surface area contributed by atoms with Crippen LogP contribution in [0.15, 0.2) is 6.33 Å². The summed E-state index contributed by atoms with van der Waals surface area (Å²) in [5.41, 5.74) is -0.325. The van der Waals surface area contributed by atoms with Crippen molar-refractivity contribution in [3.05, 3.63) is 21.6 Å². The topological polar surface area (TPSA) is 101 Å². The fraction of sp³-hybridized carbons (Fsp3) is 0.444. The summed E-state index contributed by atoms with van der Waals surface area (Å²) < 4.78 is 0. The Bertz CT molecular complexity index is 495. The molecule has 8 nitrogen and oxygen atoms in total. The third kappa shape index (κ3) is 2.48. The van der Waals surface area contributed by atoms with Crippen molar-refractivity contribution in [1.29, 1.82) is 0 Å². The predicted molar refractivity (Wildman–Crippen MR) is 63.5 cm³/mol. The lowest BCUT2D eigenvalue weighted by Gasteiger charge is -2.19. The molecular formula is C9H10ClN5O3. The van der Waals surface area contributed by atoms with Crippen LogP contribution >= 0.6 is 11.6 Å². The first-order valence-corrected chi connectivity index (χ1v) is 5.64. The van der Waals surface area contributed by atoms with Crippen LogP contribution < -0.4 is 10.2 Å². The molecule has 1 N–H and O–H groups in total. The Morgan fingerprint density at radius 2 is 2.22 bits per heavy atom. The van der Waals surface area contributed by atoms with Gasteiger partial charge in [-0.25, -0.2) is 9.97 Å². The van der Waals surface area contributed by atoms with Crippen molar-refractivity contribution in [3.63, 3.8) is 0 Å². The van der Waals surface area contributed by atoms with Crippen molar-refractivity contribution in [3.8, 4) is 0 Å². The quantitative estimate of drug-likeness (QED) is 0.473. The van der Waals surface area contributed by atoms with Gasteiger partial charge in [-0.1, -0.05) is 11.6 Å². The SMILES string of the molecule is O=C1CCN(c2ncnc(Cl)c2[N+](=O)[O-])CCN1. The lowest BCUT2D eigenvalue weighted by Crippen LogP contribution is -2.29. The number of hydrogen-bond donors (Lipinski definition) is 1. The number of nitrogens with one attached hydrogen (secondary N) is 1. The van der Waals surface area contributed by atoms with Gasteiger partial charge in [0.25, 0.3) is 0 Å². The second-order valence-corrected chi connectivity index (χ2v) is 4.04. The van der Waals surface area contributed by atoms with Gasteiger partial charge in [0.05, 0.1) is 4.92 Å². The first-order chi connectivity index (χ1) is 8.59. The van der Waals surface area contributed by atoms with E-state index in [2.05, 4.69) is 15.3 Å². The number of hydrogen-bond acceptors (Lipinski definition) is 6. The summed E-state index contributed by atoms with van der Waals surface area (Å²) in [5, 5.41) is 13.4. The Labute approximate surface area is 107 Å². The zero-order chi connectivity index (χ0) is 13.1. The van der Waals surface area contributed by atoms with E-state index in [0.717, 1.165) is 0 Å². The maximum atomic E-state index is 11.2. The number of carbonyl (C=O) groups excluding carboxylic acids is 1. The van der Waals surface area contributed by atoms with Gasteiger partial charge in [0.2, 0.25) is 16.9 Å². The minimum absolute atomic E-state index is 0.0830. The molecule has 0 saturated carbocycles. The van der Waals surface area contributed by atoms with Crippen LogP contribution in [0.2, 0.25) is 5.15 Å².